The van der Waals surface area contributed by atoms with Gasteiger partial charge in [0.05, 0.1) is 25.6 Å². The molecule has 31 heavy (non-hydrogen) atoms. The Hall–Kier alpha value is -3.24. The second kappa shape index (κ2) is 11.8. The molecule has 3 amide bonds. The highest BCUT2D eigenvalue weighted by Gasteiger charge is 2.14. The van der Waals surface area contributed by atoms with Gasteiger partial charge in [0.2, 0.25) is 11.9 Å². The largest absolute Gasteiger partial charge is 0.453 e. The molecule has 0 aliphatic rings. The van der Waals surface area contributed by atoms with Crippen LogP contribution in [0.25, 0.3) is 0 Å². The van der Waals surface area contributed by atoms with Crippen LogP contribution in [0.5, 0.6) is 0 Å². The number of hydrogen-bond donors (Lipinski definition) is 3. The molecule has 0 atom stereocenters. The topological polar surface area (TPSA) is 118 Å². The second-order valence-corrected chi connectivity index (χ2v) is 7.42. The number of carbonyl (C=O) groups is 3. The highest BCUT2D eigenvalue weighted by molar-refractivity contribution is 7.99. The lowest BCUT2D eigenvalue weighted by molar-refractivity contribution is -0.115. The monoisotopic (exact) mass is 464 g/mol. The number of halogens is 1. The lowest BCUT2D eigenvalue weighted by atomic mass is 10.2. The lowest BCUT2D eigenvalue weighted by Crippen LogP contribution is -2.36. The molecule has 0 aliphatic heterocycles. The quantitative estimate of drug-likeness (QED) is 0.432. The number of nitrogens with one attached hydrogen (secondary N) is 3. The summed E-state index contributed by atoms with van der Waals surface area (Å²) in [4.78, 5) is 40.5. The first kappa shape index (κ1) is 24.0. The maximum atomic E-state index is 12.0. The van der Waals surface area contributed by atoms with E-state index in [2.05, 4.69) is 30.4 Å². The molecular weight excluding hydrogens is 444 g/mol. The highest BCUT2D eigenvalue weighted by atomic mass is 35.5. The van der Waals surface area contributed by atoms with Crippen molar-refractivity contribution in [3.8, 4) is 0 Å². The molecule has 0 aliphatic carbocycles. The first-order valence-electron chi connectivity index (χ1n) is 9.00. The second-order valence-electron chi connectivity index (χ2n) is 5.84. The number of anilines is 2. The van der Waals surface area contributed by atoms with Crippen molar-refractivity contribution >= 4 is 58.8 Å². The minimum atomic E-state index is -0.939. The summed E-state index contributed by atoms with van der Waals surface area (Å²) < 4.78 is 9.03. The van der Waals surface area contributed by atoms with Crippen LogP contribution in [0.3, 0.4) is 0 Å². The van der Waals surface area contributed by atoms with Crippen LogP contribution in [0.15, 0.2) is 57.2 Å². The molecule has 11 heteroatoms. The molecule has 9 nitrogen and oxygen atoms in total. The number of aliphatic imine (C=N–C) groups is 1. The van der Waals surface area contributed by atoms with Gasteiger partial charge < -0.3 is 20.1 Å². The Kier molecular flexibility index (Phi) is 9.16. The van der Waals surface area contributed by atoms with Crippen LogP contribution in [0, 0.1) is 0 Å². The van der Waals surface area contributed by atoms with E-state index in [1.165, 1.54) is 18.9 Å². The fourth-order valence-corrected chi connectivity index (χ4v) is 3.38. The van der Waals surface area contributed by atoms with Gasteiger partial charge in [-0.15, -0.1) is 4.99 Å². The van der Waals surface area contributed by atoms with Crippen molar-refractivity contribution in [3.05, 3.63) is 47.5 Å². The minimum absolute atomic E-state index is 0.222. The van der Waals surface area contributed by atoms with Crippen molar-refractivity contribution in [2.75, 3.05) is 24.9 Å². The van der Waals surface area contributed by atoms with E-state index in [4.69, 9.17) is 11.6 Å². The Morgan fingerprint density at radius 3 is 2.39 bits per heavy atom. The summed E-state index contributed by atoms with van der Waals surface area (Å²) in [6.45, 7) is 1.72. The van der Waals surface area contributed by atoms with Crippen molar-refractivity contribution in [1.29, 1.82) is 0 Å². The van der Waals surface area contributed by atoms with Crippen LogP contribution in [-0.2, 0) is 14.3 Å². The molecule has 2 aromatic carbocycles. The van der Waals surface area contributed by atoms with Gasteiger partial charge in [0, 0.05) is 21.2 Å². The number of benzene rings is 2. The zero-order valence-electron chi connectivity index (χ0n) is 17.0. The van der Waals surface area contributed by atoms with Crippen LogP contribution in [0.2, 0.25) is 5.02 Å². The Morgan fingerprint density at radius 1 is 1.00 bits per heavy atom. The number of hydrogen-bond acceptors (Lipinski definition) is 6. The number of amides is 3. The van der Waals surface area contributed by atoms with Gasteiger partial charge in [-0.1, -0.05) is 36.4 Å². The number of methoxy groups -OCH3 is 2. The number of rotatable bonds is 5. The normalized spacial score (nSPS) is 10.8. The molecule has 2 rings (SSSR count). The Labute approximate surface area is 188 Å². The highest BCUT2D eigenvalue weighted by Crippen LogP contribution is 2.34. The van der Waals surface area contributed by atoms with Crippen molar-refractivity contribution < 1.29 is 23.9 Å². The van der Waals surface area contributed by atoms with Gasteiger partial charge in [-0.25, -0.2) is 9.59 Å². The maximum absolute atomic E-state index is 12.0. The molecular formula is C20H21ClN4O5S. The first-order chi connectivity index (χ1) is 14.8. The third kappa shape index (κ3) is 7.83. The average molecular weight is 465 g/mol. The molecule has 0 heterocycles. The molecule has 0 radical (unpaired) electrons. The summed E-state index contributed by atoms with van der Waals surface area (Å²) in [6.07, 6.45) is -1.53. The number of nitrogens with zero attached hydrogens (tertiary/aromatic N) is 1. The molecule has 0 saturated heterocycles. The fourth-order valence-electron chi connectivity index (χ4n) is 2.20. The third-order valence-electron chi connectivity index (χ3n) is 3.65. The SMILES string of the molecule is CCC(=O)Nc1cc(Sc2cccc(Cl)c2)ccc1NC(=NC(=O)OC)NC(=O)OC. The van der Waals surface area contributed by atoms with Gasteiger partial charge in [-0.3, -0.25) is 10.1 Å². The van der Waals surface area contributed by atoms with Crippen molar-refractivity contribution in [2.45, 2.75) is 23.1 Å². The molecule has 164 valence electrons. The van der Waals surface area contributed by atoms with Crippen LogP contribution < -0.4 is 16.0 Å². The summed E-state index contributed by atoms with van der Waals surface area (Å²) in [5.74, 6) is -0.457. The van der Waals surface area contributed by atoms with Gasteiger partial charge in [0.25, 0.3) is 0 Å². The van der Waals surface area contributed by atoms with Crippen molar-refractivity contribution in [1.82, 2.24) is 5.32 Å². The standard InChI is InChI=1S/C20H21ClN4O5S/c1-4-17(26)22-16-11-14(31-13-7-5-6-12(21)10-13)8-9-15(16)23-18(24-19(27)29-2)25-20(28)30-3/h5-11H,4H2,1-3H3,(H,22,26)(H2,23,24,25,27,28). The van der Waals surface area contributed by atoms with Crippen molar-refractivity contribution in [2.24, 2.45) is 4.99 Å². The molecule has 0 aromatic heterocycles. The molecule has 2 aromatic rings. The smallest absolute Gasteiger partial charge is 0.436 e. The van der Waals surface area contributed by atoms with Gasteiger partial charge >= 0.3 is 12.2 Å². The van der Waals surface area contributed by atoms with E-state index >= 15 is 0 Å². The minimum Gasteiger partial charge on any atom is -0.453 e. The zero-order valence-corrected chi connectivity index (χ0v) is 18.6. The van der Waals surface area contributed by atoms with E-state index in [9.17, 15) is 14.4 Å². The predicted octanol–water partition coefficient (Wildman–Crippen LogP) is 4.73. The Balaban J connectivity index is 2.36. The number of guanidine groups is 1. The Morgan fingerprint density at radius 2 is 1.74 bits per heavy atom. The summed E-state index contributed by atoms with van der Waals surface area (Å²) in [5.41, 5.74) is 0.805. The zero-order chi connectivity index (χ0) is 22.8. The summed E-state index contributed by atoms with van der Waals surface area (Å²) >= 11 is 7.49. The number of ether oxygens (including phenoxy) is 2. The Bertz CT molecular complexity index is 999. The van der Waals surface area contributed by atoms with E-state index in [-0.39, 0.29) is 18.3 Å². The molecule has 0 bridgehead atoms. The lowest BCUT2D eigenvalue weighted by Gasteiger charge is -2.16. The van der Waals surface area contributed by atoms with Crippen LogP contribution >= 0.6 is 23.4 Å². The number of carbonyl (C=O) groups excluding carboxylic acids is 3. The van der Waals surface area contributed by atoms with Gasteiger partial charge in [-0.05, 0) is 36.4 Å². The molecule has 0 saturated carbocycles. The van der Waals surface area contributed by atoms with E-state index in [1.807, 2.05) is 18.2 Å². The predicted molar refractivity (Wildman–Crippen MR) is 120 cm³/mol. The van der Waals surface area contributed by atoms with Gasteiger partial charge in [0.1, 0.15) is 0 Å². The van der Waals surface area contributed by atoms with Gasteiger partial charge in [-0.2, -0.15) is 0 Å². The maximum Gasteiger partial charge on any atom is 0.436 e. The van der Waals surface area contributed by atoms with E-state index in [1.54, 1.807) is 31.2 Å². The van der Waals surface area contributed by atoms with Crippen LogP contribution in [-0.4, -0.2) is 38.3 Å². The van der Waals surface area contributed by atoms with Gasteiger partial charge in [0.15, 0.2) is 0 Å². The summed E-state index contributed by atoms with van der Waals surface area (Å²) in [6, 6.07) is 12.6. The number of alkyl carbamates (subject to hydrolysis) is 1. The summed E-state index contributed by atoms with van der Waals surface area (Å²) in [5, 5.41) is 8.47. The fraction of sp³-hybridized carbons (Fsp3) is 0.200. The molecule has 3 N–H and O–H groups in total. The molecule has 0 fully saturated rings. The molecule has 0 spiro atoms. The van der Waals surface area contributed by atoms with Crippen molar-refractivity contribution in [3.63, 3.8) is 0 Å². The summed E-state index contributed by atoms with van der Waals surface area (Å²) in [7, 11) is 2.32. The third-order valence-corrected chi connectivity index (χ3v) is 4.87. The van der Waals surface area contributed by atoms with Crippen LogP contribution in [0.4, 0.5) is 21.0 Å². The van der Waals surface area contributed by atoms with E-state index in [0.717, 1.165) is 16.9 Å². The average Bonchev–Trinajstić information content (AvgIpc) is 2.75. The van der Waals surface area contributed by atoms with E-state index < -0.39 is 12.2 Å². The van der Waals surface area contributed by atoms with Crippen LogP contribution in [0.1, 0.15) is 13.3 Å². The first-order valence-corrected chi connectivity index (χ1v) is 10.2. The molecule has 0 unspecified atom stereocenters. The van der Waals surface area contributed by atoms with E-state index in [0.29, 0.717) is 16.4 Å².